The number of benzene rings is 1. The summed E-state index contributed by atoms with van der Waals surface area (Å²) in [6, 6.07) is 9.26. The number of carboxylic acid groups (broad SMARTS) is 1. The molecular formula is C51H78O5. The molecule has 9 rings (SSSR count). The molecule has 15 atom stereocenters. The van der Waals surface area contributed by atoms with Gasteiger partial charge in [0.05, 0.1) is 18.1 Å². The molecule has 1 saturated heterocycles. The van der Waals surface area contributed by atoms with Gasteiger partial charge in [-0.15, -0.1) is 0 Å². The first-order chi connectivity index (χ1) is 26.7. The fourth-order valence-corrected chi connectivity index (χ4v) is 19.0. The largest absolute Gasteiger partial charge is 0.481 e. The molecule has 2 unspecified atom stereocenters. The van der Waals surface area contributed by atoms with Gasteiger partial charge in [-0.2, -0.15) is 0 Å². The van der Waals surface area contributed by atoms with Crippen LogP contribution in [0.3, 0.4) is 0 Å². The van der Waals surface area contributed by atoms with E-state index >= 15 is 0 Å². The van der Waals surface area contributed by atoms with Crippen LogP contribution in [-0.2, 0) is 27.1 Å². The highest BCUT2D eigenvalue weighted by molar-refractivity contribution is 5.74. The minimum absolute atomic E-state index is 0.0225. The molecule has 5 heteroatoms. The summed E-state index contributed by atoms with van der Waals surface area (Å²) >= 11 is 0. The average Bonchev–Trinajstić information content (AvgIpc) is 3.30. The summed E-state index contributed by atoms with van der Waals surface area (Å²) in [5.74, 6) is 1.50. The lowest BCUT2D eigenvalue weighted by Gasteiger charge is -2.86. The van der Waals surface area contributed by atoms with E-state index in [4.69, 9.17) is 9.47 Å². The molecule has 0 radical (unpaired) electrons. The predicted octanol–water partition coefficient (Wildman–Crippen LogP) is 11.8. The van der Waals surface area contributed by atoms with Gasteiger partial charge in [-0.05, 0) is 177 Å². The van der Waals surface area contributed by atoms with Crippen molar-refractivity contribution in [3.05, 3.63) is 35.4 Å². The third kappa shape index (κ3) is 4.98. The van der Waals surface area contributed by atoms with E-state index in [1.807, 2.05) is 0 Å². The summed E-state index contributed by atoms with van der Waals surface area (Å²) in [5, 5.41) is 23.7. The van der Waals surface area contributed by atoms with Crippen LogP contribution in [0.4, 0.5) is 0 Å². The van der Waals surface area contributed by atoms with Crippen LogP contribution in [0.1, 0.15) is 175 Å². The van der Waals surface area contributed by atoms with Gasteiger partial charge in [0.15, 0.2) is 5.79 Å². The summed E-state index contributed by atoms with van der Waals surface area (Å²) in [7, 11) is 1.78. The Morgan fingerprint density at radius 3 is 2.30 bits per heavy atom. The number of hydrogen-bond donors (Lipinski definition) is 2. The zero-order chi connectivity index (χ0) is 39.6. The lowest BCUT2D eigenvalue weighted by Crippen LogP contribution is -2.80. The van der Waals surface area contributed by atoms with Crippen molar-refractivity contribution in [2.24, 2.45) is 73.4 Å². The van der Waals surface area contributed by atoms with Gasteiger partial charge in [0, 0.05) is 24.9 Å². The number of rotatable bonds is 12. The van der Waals surface area contributed by atoms with Gasteiger partial charge in [0.25, 0.3) is 0 Å². The molecule has 1 aromatic rings. The van der Waals surface area contributed by atoms with Gasteiger partial charge in [-0.3, -0.25) is 4.79 Å². The molecule has 5 nitrogen and oxygen atoms in total. The molecule has 56 heavy (non-hydrogen) atoms. The molecule has 8 aliphatic rings. The minimum Gasteiger partial charge on any atom is -0.481 e. The molecule has 2 spiro atoms. The van der Waals surface area contributed by atoms with E-state index in [0.717, 1.165) is 58.0 Å². The first-order valence-corrected chi connectivity index (χ1v) is 23.9. The maximum atomic E-state index is 13.2. The lowest BCUT2D eigenvalue weighted by atomic mass is 9.18. The first kappa shape index (κ1) is 40.0. The lowest BCUT2D eigenvalue weighted by molar-refractivity contribution is -0.382. The smallest absolute Gasteiger partial charge is 0.309 e. The van der Waals surface area contributed by atoms with Gasteiger partial charge in [-0.25, -0.2) is 0 Å². The Morgan fingerprint density at radius 1 is 0.839 bits per heavy atom. The second-order valence-electron chi connectivity index (χ2n) is 22.8. The van der Waals surface area contributed by atoms with Crippen molar-refractivity contribution >= 4 is 5.97 Å². The third-order valence-corrected chi connectivity index (χ3v) is 21.3. The molecule has 1 heterocycles. The zero-order valence-electron chi connectivity index (χ0n) is 36.5. The van der Waals surface area contributed by atoms with Gasteiger partial charge >= 0.3 is 5.97 Å². The standard InChI is InChI=1S/C51H78O5/c1-8-10-11-13-37-20-22-48-27-28-49-39(12-9-2)51(54,56-41(49)30-35-16-14-34(15-17-35)21-29-55-7)31-36-18-19-38(47(48,6)42(36)49)32-50(37)40-33-45(4,43(52)53)24-23-44(40,3)25-26-46(48,50)5/h14-17,36-42,54H,8-13,18-33H2,1-7H3,(H,52,53)/t36-,37-,38?,39-,40?,41-,42+,44+,45-,46-,47+,48-,49-,50+,51+/m1/s1. The van der Waals surface area contributed by atoms with Gasteiger partial charge in [0.2, 0.25) is 0 Å². The number of hydrogen-bond acceptors (Lipinski definition) is 4. The number of carbonyl (C=O) groups is 1. The van der Waals surface area contributed by atoms with E-state index < -0.39 is 17.2 Å². The fourth-order valence-electron chi connectivity index (χ4n) is 19.0. The summed E-state index contributed by atoms with van der Waals surface area (Å²) in [4.78, 5) is 13.2. The number of aliphatic hydroxyl groups is 1. The first-order valence-electron chi connectivity index (χ1n) is 23.9. The van der Waals surface area contributed by atoms with Crippen molar-refractivity contribution in [3.63, 3.8) is 0 Å². The molecule has 2 N–H and O–H groups in total. The second kappa shape index (κ2) is 13.5. The molecule has 1 aliphatic heterocycles. The zero-order valence-corrected chi connectivity index (χ0v) is 36.5. The maximum Gasteiger partial charge on any atom is 0.309 e. The Morgan fingerprint density at radius 2 is 1.59 bits per heavy atom. The molecule has 0 amide bonds. The summed E-state index contributed by atoms with van der Waals surface area (Å²) < 4.78 is 12.7. The van der Waals surface area contributed by atoms with Gasteiger partial charge in [0.1, 0.15) is 0 Å². The topological polar surface area (TPSA) is 76.0 Å². The molecular weight excluding hydrogens is 693 g/mol. The van der Waals surface area contributed by atoms with Gasteiger partial charge in [-0.1, -0.05) is 84.6 Å². The molecule has 1 aromatic carbocycles. The van der Waals surface area contributed by atoms with Crippen LogP contribution >= 0.6 is 0 Å². The minimum atomic E-state index is -1.02. The SMILES string of the molecule is CCCCC[C@@H]1CC[C@@]23CC[C@]45[C@H]6[C@H](CCC(C[C@@]17C1C[C@](C)(C(=O)O)CC[C@@]1(C)CC[C@]27C)[C@@]63C)C[C@](O)(O[C@@H]4Cc1ccc(CCOC)cc1)[C@@H]5CCC. The van der Waals surface area contributed by atoms with E-state index in [0.29, 0.717) is 29.6 Å². The van der Waals surface area contributed by atoms with Crippen molar-refractivity contribution in [2.45, 2.75) is 188 Å². The number of carboxylic acids is 1. The van der Waals surface area contributed by atoms with Crippen LogP contribution < -0.4 is 0 Å². The monoisotopic (exact) mass is 771 g/mol. The number of methoxy groups -OCH3 is 1. The Labute approximate surface area is 340 Å². The van der Waals surface area contributed by atoms with E-state index in [-0.39, 0.29) is 44.5 Å². The van der Waals surface area contributed by atoms with E-state index in [2.05, 4.69) is 65.8 Å². The highest BCUT2D eigenvalue weighted by Crippen LogP contribution is 2.91. The molecule has 4 bridgehead atoms. The molecule has 312 valence electrons. The summed E-state index contributed by atoms with van der Waals surface area (Å²) in [6.07, 6.45) is 24.3. The van der Waals surface area contributed by atoms with E-state index in [9.17, 15) is 15.0 Å². The third-order valence-electron chi connectivity index (χ3n) is 21.3. The Hall–Kier alpha value is -1.43. The van der Waals surface area contributed by atoms with E-state index in [1.165, 1.54) is 94.6 Å². The van der Waals surface area contributed by atoms with Crippen LogP contribution in [0.5, 0.6) is 0 Å². The molecule has 7 aliphatic carbocycles. The number of fused-ring (bicyclic) bond motifs is 2. The predicted molar refractivity (Wildman–Crippen MR) is 223 cm³/mol. The van der Waals surface area contributed by atoms with Crippen molar-refractivity contribution in [1.29, 1.82) is 0 Å². The second-order valence-corrected chi connectivity index (χ2v) is 22.8. The Kier molecular flexibility index (Phi) is 9.67. The van der Waals surface area contributed by atoms with Crippen LogP contribution in [0.15, 0.2) is 24.3 Å². The average molecular weight is 771 g/mol. The summed E-state index contributed by atoms with van der Waals surface area (Å²) in [5.41, 5.74) is 3.05. The van der Waals surface area contributed by atoms with Crippen LogP contribution in [-0.4, -0.2) is 41.8 Å². The highest BCUT2D eigenvalue weighted by atomic mass is 16.6. The fraction of sp³-hybridized carbons (Fsp3) is 0.863. The van der Waals surface area contributed by atoms with E-state index in [1.54, 1.807) is 7.11 Å². The van der Waals surface area contributed by atoms with Crippen molar-refractivity contribution in [3.8, 4) is 0 Å². The Bertz CT molecular complexity index is 1660. The van der Waals surface area contributed by atoms with Crippen molar-refractivity contribution in [1.82, 2.24) is 0 Å². The Balaban J connectivity index is 1.18. The van der Waals surface area contributed by atoms with Crippen LogP contribution in [0, 0.1) is 73.4 Å². The number of aliphatic carboxylic acids is 1. The quantitative estimate of drug-likeness (QED) is 0.207. The van der Waals surface area contributed by atoms with Crippen LogP contribution in [0.2, 0.25) is 0 Å². The number of ether oxygens (including phenoxy) is 2. The van der Waals surface area contributed by atoms with Crippen molar-refractivity contribution < 1.29 is 24.5 Å². The molecule has 0 aromatic heterocycles. The highest BCUT2D eigenvalue weighted by Gasteiger charge is 2.86. The molecule has 8 fully saturated rings. The van der Waals surface area contributed by atoms with Crippen molar-refractivity contribution in [2.75, 3.05) is 13.7 Å². The van der Waals surface area contributed by atoms with Crippen LogP contribution in [0.25, 0.3) is 0 Å². The normalized spacial score (nSPS) is 51.1. The number of unbranched alkanes of at least 4 members (excludes halogenated alkanes) is 2. The summed E-state index contributed by atoms with van der Waals surface area (Å²) in [6.45, 7) is 15.9. The maximum absolute atomic E-state index is 13.2. The molecule has 7 saturated carbocycles. The van der Waals surface area contributed by atoms with Gasteiger partial charge < -0.3 is 19.7 Å².